The summed E-state index contributed by atoms with van der Waals surface area (Å²) in [5, 5.41) is 0.935. The molecule has 1 fully saturated rings. The SMILES string of the molecule is CC(=O)NS(=O)(=O)c1cnc(N2CCOCC2)c2nc(CCc3ccc4ccccc4n3)cn12. The fraction of sp³-hybridized carbons (Fsp3) is 0.304. The van der Waals surface area contributed by atoms with Crippen molar-refractivity contribution in [3.63, 3.8) is 0 Å². The number of hydrogen-bond donors (Lipinski definition) is 1. The number of nitrogens with one attached hydrogen (secondary N) is 1. The number of anilines is 1. The van der Waals surface area contributed by atoms with E-state index < -0.39 is 15.9 Å². The van der Waals surface area contributed by atoms with Crippen LogP contribution in [0.3, 0.4) is 0 Å². The molecule has 0 bridgehead atoms. The molecule has 1 aromatic carbocycles. The molecule has 11 heteroatoms. The van der Waals surface area contributed by atoms with Crippen molar-refractivity contribution in [2.24, 2.45) is 0 Å². The number of imidazole rings is 1. The summed E-state index contributed by atoms with van der Waals surface area (Å²) in [6.45, 7) is 3.52. The van der Waals surface area contributed by atoms with Crippen LogP contribution in [0.5, 0.6) is 0 Å². The van der Waals surface area contributed by atoms with Gasteiger partial charge in [-0.3, -0.25) is 14.2 Å². The van der Waals surface area contributed by atoms with Crippen LogP contribution in [-0.4, -0.2) is 60.0 Å². The number of fused-ring (bicyclic) bond motifs is 2. The van der Waals surface area contributed by atoms with Crippen LogP contribution >= 0.6 is 0 Å². The lowest BCUT2D eigenvalue weighted by atomic mass is 10.1. The van der Waals surface area contributed by atoms with Crippen molar-refractivity contribution in [3.8, 4) is 0 Å². The number of benzene rings is 1. The van der Waals surface area contributed by atoms with Gasteiger partial charge in [0.25, 0.3) is 10.0 Å². The van der Waals surface area contributed by atoms with Gasteiger partial charge >= 0.3 is 0 Å². The lowest BCUT2D eigenvalue weighted by molar-refractivity contribution is -0.117. The van der Waals surface area contributed by atoms with Gasteiger partial charge in [0.2, 0.25) is 5.91 Å². The summed E-state index contributed by atoms with van der Waals surface area (Å²) in [5.74, 6) is -0.0896. The minimum atomic E-state index is -4.11. The van der Waals surface area contributed by atoms with Gasteiger partial charge in [0.05, 0.1) is 30.6 Å². The highest BCUT2D eigenvalue weighted by atomic mass is 32.2. The van der Waals surface area contributed by atoms with Gasteiger partial charge in [-0.05, 0) is 25.0 Å². The van der Waals surface area contributed by atoms with Crippen LogP contribution in [0, 0.1) is 0 Å². The monoisotopic (exact) mass is 480 g/mol. The number of hydrogen-bond acceptors (Lipinski definition) is 8. The molecule has 4 heterocycles. The average Bonchev–Trinajstić information content (AvgIpc) is 3.25. The van der Waals surface area contributed by atoms with Crippen molar-refractivity contribution in [2.75, 3.05) is 31.2 Å². The lowest BCUT2D eigenvalue weighted by Gasteiger charge is -2.28. The molecule has 1 aliphatic rings. The lowest BCUT2D eigenvalue weighted by Crippen LogP contribution is -2.37. The minimum absolute atomic E-state index is 0.141. The molecule has 1 aliphatic heterocycles. The summed E-state index contributed by atoms with van der Waals surface area (Å²) in [5.41, 5.74) is 2.98. The molecule has 5 rings (SSSR count). The van der Waals surface area contributed by atoms with Crippen LogP contribution in [0.2, 0.25) is 0 Å². The molecule has 1 saturated heterocycles. The van der Waals surface area contributed by atoms with Crippen LogP contribution < -0.4 is 9.62 Å². The number of aromatic nitrogens is 4. The number of aryl methyl sites for hydroxylation is 2. The Morgan fingerprint density at radius 1 is 1.06 bits per heavy atom. The van der Waals surface area contributed by atoms with Crippen molar-refractivity contribution < 1.29 is 17.9 Å². The molecule has 1 amide bonds. The van der Waals surface area contributed by atoms with Crippen LogP contribution in [0.1, 0.15) is 18.3 Å². The third kappa shape index (κ3) is 4.44. The summed E-state index contributed by atoms with van der Waals surface area (Å²) in [6.07, 6.45) is 4.16. The first-order valence-electron chi connectivity index (χ1n) is 11.0. The number of rotatable bonds is 6. The highest BCUT2D eigenvalue weighted by Crippen LogP contribution is 2.24. The fourth-order valence-electron chi connectivity index (χ4n) is 4.05. The Labute approximate surface area is 196 Å². The summed E-state index contributed by atoms with van der Waals surface area (Å²) in [7, 11) is -4.11. The number of nitrogens with zero attached hydrogens (tertiary/aromatic N) is 5. The van der Waals surface area contributed by atoms with E-state index in [1.807, 2.05) is 46.0 Å². The second-order valence-electron chi connectivity index (χ2n) is 8.10. The van der Waals surface area contributed by atoms with Gasteiger partial charge in [-0.1, -0.05) is 24.3 Å². The molecular weight excluding hydrogens is 456 g/mol. The van der Waals surface area contributed by atoms with E-state index in [9.17, 15) is 13.2 Å². The van der Waals surface area contributed by atoms with Crippen molar-refractivity contribution in [2.45, 2.75) is 24.8 Å². The van der Waals surface area contributed by atoms with Crippen LogP contribution in [0.25, 0.3) is 16.6 Å². The zero-order valence-electron chi connectivity index (χ0n) is 18.6. The topological polar surface area (TPSA) is 119 Å². The molecule has 1 N–H and O–H groups in total. The maximum atomic E-state index is 12.8. The number of ether oxygens (including phenoxy) is 1. The van der Waals surface area contributed by atoms with Crippen molar-refractivity contribution in [1.82, 2.24) is 24.1 Å². The summed E-state index contributed by atoms with van der Waals surface area (Å²) in [6, 6.07) is 12.0. The summed E-state index contributed by atoms with van der Waals surface area (Å²) in [4.78, 5) is 27.4. The Balaban J connectivity index is 1.51. The normalized spacial score (nSPS) is 14.6. The number of carbonyl (C=O) groups is 1. The van der Waals surface area contributed by atoms with E-state index >= 15 is 0 Å². The van der Waals surface area contributed by atoms with Crippen molar-refractivity contribution >= 4 is 38.3 Å². The van der Waals surface area contributed by atoms with E-state index in [1.54, 1.807) is 6.20 Å². The van der Waals surface area contributed by atoms with Crippen LogP contribution in [-0.2, 0) is 32.4 Å². The smallest absolute Gasteiger partial charge is 0.281 e. The number of sulfonamides is 1. The van der Waals surface area contributed by atoms with E-state index in [0.29, 0.717) is 56.3 Å². The maximum Gasteiger partial charge on any atom is 0.281 e. The van der Waals surface area contributed by atoms with E-state index in [0.717, 1.165) is 23.5 Å². The molecule has 3 aromatic heterocycles. The Morgan fingerprint density at radius 3 is 2.62 bits per heavy atom. The number of pyridine rings is 1. The molecule has 4 aromatic rings. The van der Waals surface area contributed by atoms with Gasteiger partial charge in [0, 0.05) is 37.3 Å². The highest BCUT2D eigenvalue weighted by Gasteiger charge is 2.25. The zero-order chi connectivity index (χ0) is 23.7. The number of para-hydroxylation sites is 1. The molecule has 0 radical (unpaired) electrons. The van der Waals surface area contributed by atoms with Gasteiger partial charge in [-0.2, -0.15) is 8.42 Å². The second-order valence-corrected chi connectivity index (χ2v) is 9.73. The summed E-state index contributed by atoms with van der Waals surface area (Å²) < 4.78 is 34.5. The molecule has 10 nitrogen and oxygen atoms in total. The molecule has 0 spiro atoms. The molecule has 0 saturated carbocycles. The second kappa shape index (κ2) is 8.99. The summed E-state index contributed by atoms with van der Waals surface area (Å²) >= 11 is 0. The van der Waals surface area contributed by atoms with Gasteiger partial charge in [0.15, 0.2) is 16.5 Å². The number of carbonyl (C=O) groups excluding carboxylic acids is 1. The fourth-order valence-corrected chi connectivity index (χ4v) is 5.13. The zero-order valence-corrected chi connectivity index (χ0v) is 19.5. The van der Waals surface area contributed by atoms with E-state index in [1.165, 1.54) is 10.6 Å². The highest BCUT2D eigenvalue weighted by molar-refractivity contribution is 7.90. The Morgan fingerprint density at radius 2 is 1.82 bits per heavy atom. The molecule has 176 valence electrons. The van der Waals surface area contributed by atoms with Gasteiger partial charge in [-0.15, -0.1) is 0 Å². The van der Waals surface area contributed by atoms with E-state index in [-0.39, 0.29) is 5.03 Å². The first-order chi connectivity index (χ1) is 16.4. The average molecular weight is 481 g/mol. The van der Waals surface area contributed by atoms with Crippen LogP contribution in [0.4, 0.5) is 5.82 Å². The van der Waals surface area contributed by atoms with Crippen LogP contribution in [0.15, 0.2) is 53.8 Å². The van der Waals surface area contributed by atoms with E-state index in [4.69, 9.17) is 14.7 Å². The van der Waals surface area contributed by atoms with Gasteiger partial charge in [-0.25, -0.2) is 14.7 Å². The number of amides is 1. The van der Waals surface area contributed by atoms with Gasteiger partial charge < -0.3 is 9.64 Å². The Bertz CT molecular complexity index is 1480. The molecular formula is C23H24N6O4S. The quantitative estimate of drug-likeness (QED) is 0.443. The maximum absolute atomic E-state index is 12.8. The van der Waals surface area contributed by atoms with Crippen molar-refractivity contribution in [3.05, 3.63) is 60.2 Å². The number of morpholine rings is 1. The van der Waals surface area contributed by atoms with Gasteiger partial charge in [0.1, 0.15) is 0 Å². The molecule has 0 unspecified atom stereocenters. The predicted molar refractivity (Wildman–Crippen MR) is 126 cm³/mol. The molecule has 34 heavy (non-hydrogen) atoms. The van der Waals surface area contributed by atoms with E-state index in [2.05, 4.69) is 4.98 Å². The standard InChI is InChI=1S/C23H24N6O4S/c1-16(30)27-34(31,32)21-14-24-22(28-10-12-33-13-11-28)23-26-19(15-29(21)23)9-8-18-7-6-17-4-2-3-5-20(17)25-18/h2-7,14-15H,8-13H2,1H3,(H,27,30). The third-order valence-corrected chi connectivity index (χ3v) is 7.06. The van der Waals surface area contributed by atoms with Crippen molar-refractivity contribution in [1.29, 1.82) is 0 Å². The minimum Gasteiger partial charge on any atom is -0.378 e. The Kier molecular flexibility index (Phi) is 5.88. The Hall–Kier alpha value is -3.57. The first-order valence-corrected chi connectivity index (χ1v) is 12.5. The third-order valence-electron chi connectivity index (χ3n) is 5.65. The largest absolute Gasteiger partial charge is 0.378 e. The molecule has 0 atom stereocenters. The predicted octanol–water partition coefficient (Wildman–Crippen LogP) is 1.72. The molecule has 0 aliphatic carbocycles. The first kappa shape index (κ1) is 22.2.